The number of aromatic nitrogens is 1. The van der Waals surface area contributed by atoms with Crippen LogP contribution in [0, 0.1) is 0 Å². The maximum Gasteiger partial charge on any atom is 0.417 e. The molecule has 1 aromatic heterocycles. The highest BCUT2D eigenvalue weighted by molar-refractivity contribution is 6.03. The molecule has 122 valence electrons. The predicted octanol–water partition coefficient (Wildman–Crippen LogP) is 1.17. The third-order valence-corrected chi connectivity index (χ3v) is 4.19. The molecular weight excluding hydrogens is 298 g/mol. The summed E-state index contributed by atoms with van der Waals surface area (Å²) in [6.07, 6.45) is 4.11. The molecular formula is C16H19N3O4. The Hall–Kier alpha value is -2.57. The second-order valence-electron chi connectivity index (χ2n) is 5.84. The van der Waals surface area contributed by atoms with Crippen molar-refractivity contribution in [2.45, 2.75) is 32.1 Å². The number of hydrogen-bond acceptors (Lipinski definition) is 4. The van der Waals surface area contributed by atoms with Crippen LogP contribution in [0.2, 0.25) is 0 Å². The topological polar surface area (TPSA) is 109 Å². The summed E-state index contributed by atoms with van der Waals surface area (Å²) in [5.74, 6) is -1.17. The molecule has 3 rings (SSSR count). The van der Waals surface area contributed by atoms with Crippen molar-refractivity contribution in [1.29, 1.82) is 0 Å². The van der Waals surface area contributed by atoms with E-state index in [4.69, 9.17) is 10.2 Å². The number of H-pyrrole nitrogens is 1. The number of nitrogens with zero attached hydrogens (tertiary/aromatic N) is 1. The molecule has 0 saturated carbocycles. The van der Waals surface area contributed by atoms with Crippen molar-refractivity contribution in [3.05, 3.63) is 33.8 Å². The molecule has 1 fully saturated rings. The van der Waals surface area contributed by atoms with Gasteiger partial charge in [-0.25, -0.2) is 4.79 Å². The van der Waals surface area contributed by atoms with Crippen LogP contribution in [-0.2, 0) is 11.2 Å². The van der Waals surface area contributed by atoms with E-state index in [2.05, 4.69) is 4.98 Å². The second kappa shape index (κ2) is 6.28. The minimum Gasteiger partial charge on any atom is -0.408 e. The molecule has 7 heteroatoms. The van der Waals surface area contributed by atoms with Crippen molar-refractivity contribution in [2.75, 3.05) is 13.1 Å². The van der Waals surface area contributed by atoms with E-state index < -0.39 is 11.7 Å². The highest BCUT2D eigenvalue weighted by Gasteiger charge is 2.18. The second-order valence-corrected chi connectivity index (χ2v) is 5.84. The van der Waals surface area contributed by atoms with Crippen LogP contribution in [0.5, 0.6) is 0 Å². The molecule has 0 aliphatic carbocycles. The third-order valence-electron chi connectivity index (χ3n) is 4.19. The summed E-state index contributed by atoms with van der Waals surface area (Å²) in [6.45, 7) is 1.63. The van der Waals surface area contributed by atoms with Crippen molar-refractivity contribution in [1.82, 2.24) is 9.88 Å². The van der Waals surface area contributed by atoms with Gasteiger partial charge in [-0.05, 0) is 43.4 Å². The smallest absolute Gasteiger partial charge is 0.408 e. The van der Waals surface area contributed by atoms with Crippen LogP contribution in [0.1, 0.15) is 41.6 Å². The first kappa shape index (κ1) is 15.3. The Labute approximate surface area is 132 Å². The molecule has 3 N–H and O–H groups in total. The lowest BCUT2D eigenvalue weighted by atomic mass is 10.0. The molecule has 23 heavy (non-hydrogen) atoms. The van der Waals surface area contributed by atoms with Crippen molar-refractivity contribution in [2.24, 2.45) is 5.73 Å². The largest absolute Gasteiger partial charge is 0.417 e. The average Bonchev–Trinajstić information content (AvgIpc) is 2.92. The minimum absolute atomic E-state index is 0.112. The normalized spacial score (nSPS) is 15.0. The molecule has 0 radical (unpaired) electrons. The number of amides is 2. The fraction of sp³-hybridized carbons (Fsp3) is 0.438. The van der Waals surface area contributed by atoms with Crippen molar-refractivity contribution in [3.63, 3.8) is 0 Å². The minimum atomic E-state index is -0.642. The van der Waals surface area contributed by atoms with Crippen molar-refractivity contribution < 1.29 is 14.0 Å². The van der Waals surface area contributed by atoms with Gasteiger partial charge in [-0.2, -0.15) is 0 Å². The van der Waals surface area contributed by atoms with Gasteiger partial charge in [0.15, 0.2) is 5.58 Å². The molecule has 1 aromatic carbocycles. The lowest BCUT2D eigenvalue weighted by Gasteiger charge is -2.26. The number of likely N-dealkylation sites (tertiary alicyclic amines) is 1. The molecule has 7 nitrogen and oxygen atoms in total. The molecule has 1 saturated heterocycles. The molecule has 2 amide bonds. The van der Waals surface area contributed by atoms with Crippen LogP contribution in [0.15, 0.2) is 21.3 Å². The SMILES string of the molecule is NC(=O)c1cc(CCC(=O)N2CCCCC2)cc2oc(=O)[nH]c12. The number of nitrogens with one attached hydrogen (secondary N) is 1. The standard InChI is InChI=1S/C16H19N3O4/c17-15(21)11-8-10(9-12-14(11)18-16(22)23-12)4-5-13(20)19-6-2-1-3-7-19/h8-9H,1-7H2,(H2,17,21)(H,18,22). The number of aromatic amines is 1. The summed E-state index contributed by atoms with van der Waals surface area (Å²) in [5, 5.41) is 0. The zero-order valence-electron chi connectivity index (χ0n) is 12.8. The summed E-state index contributed by atoms with van der Waals surface area (Å²) in [4.78, 5) is 39.4. The number of fused-ring (bicyclic) bond motifs is 1. The maximum atomic E-state index is 12.2. The van der Waals surface area contributed by atoms with Crippen LogP contribution in [0.3, 0.4) is 0 Å². The van der Waals surface area contributed by atoms with E-state index in [1.165, 1.54) is 6.42 Å². The zero-order chi connectivity index (χ0) is 16.4. The molecule has 2 heterocycles. The van der Waals surface area contributed by atoms with Gasteiger partial charge in [0.25, 0.3) is 5.91 Å². The quantitative estimate of drug-likeness (QED) is 0.881. The van der Waals surface area contributed by atoms with Crippen LogP contribution in [0.4, 0.5) is 0 Å². The van der Waals surface area contributed by atoms with Gasteiger partial charge in [0, 0.05) is 19.5 Å². The van der Waals surface area contributed by atoms with Gasteiger partial charge in [-0.15, -0.1) is 0 Å². The number of benzene rings is 1. The lowest BCUT2D eigenvalue weighted by molar-refractivity contribution is -0.132. The number of aryl methyl sites for hydroxylation is 1. The Morgan fingerprint density at radius 2 is 1.96 bits per heavy atom. The first-order valence-corrected chi connectivity index (χ1v) is 7.78. The highest BCUT2D eigenvalue weighted by atomic mass is 16.4. The number of rotatable bonds is 4. The average molecular weight is 317 g/mol. The number of carbonyl (C=O) groups is 2. The van der Waals surface area contributed by atoms with Crippen LogP contribution in [-0.4, -0.2) is 34.8 Å². The maximum absolute atomic E-state index is 12.2. The van der Waals surface area contributed by atoms with E-state index in [0.29, 0.717) is 18.4 Å². The first-order valence-electron chi connectivity index (χ1n) is 7.78. The summed E-state index contributed by atoms with van der Waals surface area (Å²) < 4.78 is 5.01. The molecule has 1 aliphatic heterocycles. The van der Waals surface area contributed by atoms with Crippen molar-refractivity contribution in [3.8, 4) is 0 Å². The van der Waals surface area contributed by atoms with Gasteiger partial charge in [-0.1, -0.05) is 0 Å². The predicted molar refractivity (Wildman–Crippen MR) is 84.1 cm³/mol. The molecule has 2 aromatic rings. The number of piperidine rings is 1. The van der Waals surface area contributed by atoms with Crippen LogP contribution < -0.4 is 11.5 Å². The Kier molecular flexibility index (Phi) is 4.18. The Morgan fingerprint density at radius 1 is 1.22 bits per heavy atom. The van der Waals surface area contributed by atoms with E-state index in [1.54, 1.807) is 12.1 Å². The van der Waals surface area contributed by atoms with Gasteiger partial charge in [0.2, 0.25) is 5.91 Å². The van der Waals surface area contributed by atoms with E-state index in [1.807, 2.05) is 4.90 Å². The summed E-state index contributed by atoms with van der Waals surface area (Å²) in [6, 6.07) is 3.28. The fourth-order valence-corrected chi connectivity index (χ4v) is 3.00. The van der Waals surface area contributed by atoms with Gasteiger partial charge >= 0.3 is 5.76 Å². The van der Waals surface area contributed by atoms with Crippen molar-refractivity contribution >= 4 is 22.9 Å². The number of oxazole rings is 1. The number of carbonyl (C=O) groups excluding carboxylic acids is 2. The van der Waals surface area contributed by atoms with Gasteiger partial charge in [0.05, 0.1) is 11.1 Å². The third kappa shape index (κ3) is 3.28. The summed E-state index contributed by atoms with van der Waals surface area (Å²) >= 11 is 0. The number of hydrogen-bond donors (Lipinski definition) is 2. The van der Waals surface area contributed by atoms with Gasteiger partial charge in [0.1, 0.15) is 0 Å². The number of nitrogens with two attached hydrogens (primary N) is 1. The van der Waals surface area contributed by atoms with E-state index >= 15 is 0 Å². The van der Waals surface area contributed by atoms with Crippen LogP contribution in [0.25, 0.3) is 11.1 Å². The van der Waals surface area contributed by atoms with E-state index in [9.17, 15) is 14.4 Å². The fourth-order valence-electron chi connectivity index (χ4n) is 3.00. The lowest BCUT2D eigenvalue weighted by Crippen LogP contribution is -2.35. The Morgan fingerprint density at radius 3 is 2.65 bits per heavy atom. The molecule has 0 unspecified atom stereocenters. The van der Waals surface area contributed by atoms with Gasteiger partial charge < -0.3 is 15.1 Å². The Bertz CT molecular complexity index is 799. The monoisotopic (exact) mass is 317 g/mol. The zero-order valence-corrected chi connectivity index (χ0v) is 12.8. The molecule has 0 spiro atoms. The first-order chi connectivity index (χ1) is 11.0. The van der Waals surface area contributed by atoms with Gasteiger partial charge in [-0.3, -0.25) is 14.6 Å². The van der Waals surface area contributed by atoms with E-state index in [0.717, 1.165) is 31.5 Å². The highest BCUT2D eigenvalue weighted by Crippen LogP contribution is 2.20. The molecule has 0 bridgehead atoms. The van der Waals surface area contributed by atoms with E-state index in [-0.39, 0.29) is 17.1 Å². The molecule has 1 aliphatic rings. The summed E-state index contributed by atoms with van der Waals surface area (Å²) in [7, 11) is 0. The molecule has 0 atom stereocenters. The van der Waals surface area contributed by atoms with Crippen LogP contribution >= 0.6 is 0 Å². The number of primary amides is 1. The summed E-state index contributed by atoms with van der Waals surface area (Å²) in [5.41, 5.74) is 6.89. The Balaban J connectivity index is 1.78.